The SMILES string of the molecule is CC(C)(C)OC(=O)N1CC[C@@H]1C(=O)N1CCC12COC2. The second-order valence-electron chi connectivity index (χ2n) is 6.94. The second-order valence-corrected chi connectivity index (χ2v) is 6.94. The largest absolute Gasteiger partial charge is 0.444 e. The van der Waals surface area contributed by atoms with Crippen LogP contribution in [0.15, 0.2) is 0 Å². The van der Waals surface area contributed by atoms with Crippen LogP contribution in [-0.2, 0) is 14.3 Å². The summed E-state index contributed by atoms with van der Waals surface area (Å²) >= 11 is 0. The number of hydrogen-bond donors (Lipinski definition) is 0. The van der Waals surface area contributed by atoms with Gasteiger partial charge in [0, 0.05) is 13.1 Å². The van der Waals surface area contributed by atoms with Crippen LogP contribution in [0, 0.1) is 0 Å². The molecule has 0 radical (unpaired) electrons. The summed E-state index contributed by atoms with van der Waals surface area (Å²) < 4.78 is 10.6. The van der Waals surface area contributed by atoms with Crippen molar-refractivity contribution in [2.75, 3.05) is 26.3 Å². The van der Waals surface area contributed by atoms with Gasteiger partial charge in [0.2, 0.25) is 5.91 Å². The van der Waals surface area contributed by atoms with E-state index in [1.54, 1.807) is 4.90 Å². The van der Waals surface area contributed by atoms with Crippen molar-refractivity contribution in [2.24, 2.45) is 0 Å². The summed E-state index contributed by atoms with van der Waals surface area (Å²) in [6.45, 7) is 8.15. The van der Waals surface area contributed by atoms with Gasteiger partial charge in [0.1, 0.15) is 11.6 Å². The molecule has 6 heteroatoms. The molecule has 1 atom stereocenters. The smallest absolute Gasteiger partial charge is 0.410 e. The first-order valence-electron chi connectivity index (χ1n) is 7.21. The molecule has 0 saturated carbocycles. The average Bonchev–Trinajstić information content (AvgIpc) is 2.06. The lowest BCUT2D eigenvalue weighted by Gasteiger charge is -2.59. The van der Waals surface area contributed by atoms with Gasteiger partial charge >= 0.3 is 6.09 Å². The van der Waals surface area contributed by atoms with Crippen molar-refractivity contribution in [3.8, 4) is 0 Å². The molecule has 6 nitrogen and oxygen atoms in total. The summed E-state index contributed by atoms with van der Waals surface area (Å²) in [4.78, 5) is 28.0. The quantitative estimate of drug-likeness (QED) is 0.720. The van der Waals surface area contributed by atoms with Crippen LogP contribution in [-0.4, -0.2) is 65.3 Å². The number of nitrogens with zero attached hydrogens (tertiary/aromatic N) is 2. The first-order chi connectivity index (χ1) is 9.32. The third-order valence-electron chi connectivity index (χ3n) is 4.31. The van der Waals surface area contributed by atoms with Crippen LogP contribution in [0.1, 0.15) is 33.6 Å². The summed E-state index contributed by atoms with van der Waals surface area (Å²) in [7, 11) is 0. The van der Waals surface area contributed by atoms with E-state index in [-0.39, 0.29) is 23.6 Å². The molecule has 3 heterocycles. The van der Waals surface area contributed by atoms with Gasteiger partial charge in [-0.05, 0) is 33.6 Å². The average molecular weight is 282 g/mol. The van der Waals surface area contributed by atoms with E-state index in [0.717, 1.165) is 19.4 Å². The van der Waals surface area contributed by atoms with Gasteiger partial charge in [-0.3, -0.25) is 9.69 Å². The number of carbonyl (C=O) groups excluding carboxylic acids is 2. The molecular weight excluding hydrogens is 260 g/mol. The van der Waals surface area contributed by atoms with Gasteiger partial charge in [0.05, 0.1) is 18.8 Å². The standard InChI is InChI=1S/C14H22N2O4/c1-13(2,3)20-12(18)15-6-4-10(15)11(17)16-7-5-14(16)8-19-9-14/h10H,4-9H2,1-3H3/t10-/m1/s1. The van der Waals surface area contributed by atoms with Crippen LogP contribution in [0.5, 0.6) is 0 Å². The Labute approximate surface area is 119 Å². The Morgan fingerprint density at radius 1 is 1.25 bits per heavy atom. The Kier molecular flexibility index (Phi) is 2.97. The molecule has 20 heavy (non-hydrogen) atoms. The molecule has 3 saturated heterocycles. The minimum atomic E-state index is -0.528. The van der Waals surface area contributed by atoms with Crippen LogP contribution < -0.4 is 0 Å². The summed E-state index contributed by atoms with van der Waals surface area (Å²) in [6.07, 6.45) is 1.35. The lowest BCUT2D eigenvalue weighted by atomic mass is 9.81. The van der Waals surface area contributed by atoms with Crippen molar-refractivity contribution >= 4 is 12.0 Å². The molecule has 0 aliphatic carbocycles. The molecule has 0 aromatic heterocycles. The fourth-order valence-electron chi connectivity index (χ4n) is 2.88. The van der Waals surface area contributed by atoms with Gasteiger partial charge < -0.3 is 14.4 Å². The zero-order valence-electron chi connectivity index (χ0n) is 12.3. The van der Waals surface area contributed by atoms with Gasteiger partial charge in [-0.25, -0.2) is 4.79 Å². The Morgan fingerprint density at radius 3 is 2.30 bits per heavy atom. The normalized spacial score (nSPS) is 27.4. The molecule has 0 aromatic carbocycles. The highest BCUT2D eigenvalue weighted by molar-refractivity contribution is 5.88. The van der Waals surface area contributed by atoms with Crippen LogP contribution in [0.4, 0.5) is 4.79 Å². The van der Waals surface area contributed by atoms with Crippen molar-refractivity contribution in [2.45, 2.75) is 50.8 Å². The van der Waals surface area contributed by atoms with E-state index in [0.29, 0.717) is 19.8 Å². The Morgan fingerprint density at radius 2 is 1.95 bits per heavy atom. The van der Waals surface area contributed by atoms with E-state index < -0.39 is 5.60 Å². The molecule has 0 unspecified atom stereocenters. The maximum atomic E-state index is 12.5. The molecule has 3 rings (SSSR count). The zero-order valence-corrected chi connectivity index (χ0v) is 12.3. The van der Waals surface area contributed by atoms with Crippen molar-refractivity contribution in [3.63, 3.8) is 0 Å². The van der Waals surface area contributed by atoms with E-state index in [1.165, 1.54) is 0 Å². The molecule has 112 valence electrons. The molecule has 1 spiro atoms. The predicted molar refractivity (Wildman–Crippen MR) is 71.2 cm³/mol. The minimum Gasteiger partial charge on any atom is -0.444 e. The van der Waals surface area contributed by atoms with Crippen LogP contribution in [0.3, 0.4) is 0 Å². The maximum Gasteiger partial charge on any atom is 0.410 e. The van der Waals surface area contributed by atoms with Crippen molar-refractivity contribution in [3.05, 3.63) is 0 Å². The van der Waals surface area contributed by atoms with Crippen molar-refractivity contribution in [1.82, 2.24) is 9.80 Å². The van der Waals surface area contributed by atoms with Crippen LogP contribution >= 0.6 is 0 Å². The topological polar surface area (TPSA) is 59.1 Å². The second kappa shape index (κ2) is 4.35. The van der Waals surface area contributed by atoms with Gasteiger partial charge in [0.25, 0.3) is 0 Å². The number of amides is 2. The third-order valence-corrected chi connectivity index (χ3v) is 4.31. The predicted octanol–water partition coefficient (Wildman–Crippen LogP) is 0.997. The lowest BCUT2D eigenvalue weighted by Crippen LogP contribution is -2.75. The minimum absolute atomic E-state index is 0.0525. The molecule has 3 aliphatic rings. The monoisotopic (exact) mass is 282 g/mol. The number of hydrogen-bond acceptors (Lipinski definition) is 4. The van der Waals surface area contributed by atoms with E-state index in [9.17, 15) is 9.59 Å². The molecular formula is C14H22N2O4. The first-order valence-corrected chi connectivity index (χ1v) is 7.21. The molecule has 0 N–H and O–H groups in total. The van der Waals surface area contributed by atoms with Gasteiger partial charge in [-0.2, -0.15) is 0 Å². The lowest BCUT2D eigenvalue weighted by molar-refractivity contribution is -0.205. The number of ether oxygens (including phenoxy) is 2. The molecule has 3 aliphatic heterocycles. The van der Waals surface area contributed by atoms with Gasteiger partial charge in [0.15, 0.2) is 0 Å². The summed E-state index contributed by atoms with van der Waals surface area (Å²) in [5, 5.41) is 0. The van der Waals surface area contributed by atoms with Crippen LogP contribution in [0.2, 0.25) is 0 Å². The van der Waals surface area contributed by atoms with Crippen molar-refractivity contribution < 1.29 is 19.1 Å². The summed E-state index contributed by atoms with van der Waals surface area (Å²) in [6, 6.07) is -0.345. The molecule has 3 fully saturated rings. The number of likely N-dealkylation sites (tertiary alicyclic amines) is 2. The number of rotatable bonds is 1. The molecule has 0 aromatic rings. The van der Waals surface area contributed by atoms with E-state index >= 15 is 0 Å². The maximum absolute atomic E-state index is 12.5. The fourth-order valence-corrected chi connectivity index (χ4v) is 2.88. The van der Waals surface area contributed by atoms with Crippen LogP contribution in [0.25, 0.3) is 0 Å². The van der Waals surface area contributed by atoms with E-state index in [1.807, 2.05) is 25.7 Å². The van der Waals surface area contributed by atoms with Gasteiger partial charge in [-0.15, -0.1) is 0 Å². The fraction of sp³-hybridized carbons (Fsp3) is 0.857. The highest BCUT2D eigenvalue weighted by atomic mass is 16.6. The Hall–Kier alpha value is -1.30. The summed E-state index contributed by atoms with van der Waals surface area (Å²) in [5.41, 5.74) is -0.591. The highest BCUT2D eigenvalue weighted by Crippen LogP contribution is 2.39. The molecule has 0 bridgehead atoms. The van der Waals surface area contributed by atoms with Crippen molar-refractivity contribution in [1.29, 1.82) is 0 Å². The van der Waals surface area contributed by atoms with E-state index in [2.05, 4.69) is 0 Å². The third kappa shape index (κ3) is 2.06. The zero-order chi connectivity index (χ0) is 14.5. The number of carbonyl (C=O) groups is 2. The van der Waals surface area contributed by atoms with E-state index in [4.69, 9.17) is 9.47 Å². The Balaban J connectivity index is 1.60. The molecule has 2 amide bonds. The van der Waals surface area contributed by atoms with Gasteiger partial charge in [-0.1, -0.05) is 0 Å². The Bertz CT molecular complexity index is 433. The first kappa shape index (κ1) is 13.7. The highest BCUT2D eigenvalue weighted by Gasteiger charge is 2.56. The summed E-state index contributed by atoms with van der Waals surface area (Å²) in [5.74, 6) is 0.0525.